The van der Waals surface area contributed by atoms with Crippen LogP contribution in [0.5, 0.6) is 0 Å². The Labute approximate surface area is 170 Å². The third kappa shape index (κ3) is 7.21. The lowest BCUT2D eigenvalue weighted by molar-refractivity contribution is -0.126. The van der Waals surface area contributed by atoms with E-state index in [1.807, 2.05) is 6.92 Å². The van der Waals surface area contributed by atoms with E-state index in [4.69, 9.17) is 0 Å². The summed E-state index contributed by atoms with van der Waals surface area (Å²) >= 11 is 0. The number of hydrogen-bond acceptors (Lipinski definition) is 3. The van der Waals surface area contributed by atoms with Crippen molar-refractivity contribution in [3.8, 4) is 0 Å². The van der Waals surface area contributed by atoms with E-state index < -0.39 is 10.0 Å². The van der Waals surface area contributed by atoms with Gasteiger partial charge in [0, 0.05) is 18.5 Å². The molecule has 1 atom stereocenters. The summed E-state index contributed by atoms with van der Waals surface area (Å²) in [5.74, 6) is 0.139. The molecule has 1 aromatic rings. The van der Waals surface area contributed by atoms with E-state index in [1.165, 1.54) is 11.1 Å². The summed E-state index contributed by atoms with van der Waals surface area (Å²) in [7, 11) is -3.24. The first kappa shape index (κ1) is 22.9. The normalized spacial score (nSPS) is 21.2. The molecule has 0 spiro atoms. The Morgan fingerprint density at radius 1 is 1.18 bits per heavy atom. The molecule has 2 rings (SSSR count). The minimum Gasteiger partial charge on any atom is -0.356 e. The Bertz CT molecular complexity index is 725. The van der Waals surface area contributed by atoms with E-state index >= 15 is 0 Å². The monoisotopic (exact) mass is 408 g/mol. The number of sulfonamides is 1. The lowest BCUT2D eigenvalue weighted by atomic mass is 9.86. The number of amides is 1. The lowest BCUT2D eigenvalue weighted by Crippen LogP contribution is -2.43. The number of benzene rings is 1. The SMILES string of the molecule is CCC(C)S(=O)(=O)NC1CCC(C(=O)NCCCCc2cccc(C)c2)CC1. The largest absolute Gasteiger partial charge is 0.356 e. The summed E-state index contributed by atoms with van der Waals surface area (Å²) in [5.41, 5.74) is 2.64. The second kappa shape index (κ2) is 11.0. The summed E-state index contributed by atoms with van der Waals surface area (Å²) in [6.07, 6.45) is 6.67. The number of aryl methyl sites for hydroxylation is 2. The molecule has 0 heterocycles. The third-order valence-electron chi connectivity index (χ3n) is 5.81. The molecular weight excluding hydrogens is 372 g/mol. The molecule has 158 valence electrons. The maximum atomic E-state index is 12.4. The van der Waals surface area contributed by atoms with Gasteiger partial charge in [-0.15, -0.1) is 0 Å². The van der Waals surface area contributed by atoms with Crippen LogP contribution in [0.3, 0.4) is 0 Å². The summed E-state index contributed by atoms with van der Waals surface area (Å²) in [4.78, 5) is 12.4. The molecular formula is C22H36N2O3S. The molecule has 0 radical (unpaired) electrons. The van der Waals surface area contributed by atoms with Crippen LogP contribution in [0.2, 0.25) is 0 Å². The fraction of sp³-hybridized carbons (Fsp3) is 0.682. The van der Waals surface area contributed by atoms with Gasteiger partial charge < -0.3 is 5.32 Å². The van der Waals surface area contributed by atoms with Crippen molar-refractivity contribution in [2.45, 2.75) is 83.4 Å². The molecule has 1 amide bonds. The van der Waals surface area contributed by atoms with E-state index in [-0.39, 0.29) is 23.1 Å². The quantitative estimate of drug-likeness (QED) is 0.580. The van der Waals surface area contributed by atoms with Crippen LogP contribution in [-0.4, -0.2) is 32.2 Å². The predicted octanol–water partition coefficient (Wildman–Crippen LogP) is 3.71. The number of carbonyl (C=O) groups is 1. The average molecular weight is 409 g/mol. The first-order valence-electron chi connectivity index (χ1n) is 10.7. The highest BCUT2D eigenvalue weighted by atomic mass is 32.2. The summed E-state index contributed by atoms with van der Waals surface area (Å²) < 4.78 is 27.2. The topological polar surface area (TPSA) is 75.3 Å². The summed E-state index contributed by atoms with van der Waals surface area (Å²) in [6, 6.07) is 8.53. The van der Waals surface area contributed by atoms with Crippen molar-refractivity contribution in [1.29, 1.82) is 0 Å². The number of unbranched alkanes of at least 4 members (excludes halogenated alkanes) is 1. The van der Waals surface area contributed by atoms with Crippen LogP contribution in [0.4, 0.5) is 0 Å². The zero-order chi connectivity index (χ0) is 20.6. The van der Waals surface area contributed by atoms with Crippen molar-refractivity contribution < 1.29 is 13.2 Å². The Hall–Kier alpha value is -1.40. The second-order valence-corrected chi connectivity index (χ2v) is 10.3. The number of carbonyl (C=O) groups excluding carboxylic acids is 1. The fourth-order valence-corrected chi connectivity index (χ4v) is 5.09. The number of nitrogens with one attached hydrogen (secondary N) is 2. The van der Waals surface area contributed by atoms with Crippen LogP contribution in [0.25, 0.3) is 0 Å². The van der Waals surface area contributed by atoms with Gasteiger partial charge in [-0.1, -0.05) is 36.8 Å². The molecule has 5 nitrogen and oxygen atoms in total. The summed E-state index contributed by atoms with van der Waals surface area (Å²) in [6.45, 7) is 6.44. The van der Waals surface area contributed by atoms with Gasteiger partial charge >= 0.3 is 0 Å². The van der Waals surface area contributed by atoms with E-state index in [9.17, 15) is 13.2 Å². The van der Waals surface area contributed by atoms with E-state index in [2.05, 4.69) is 41.2 Å². The maximum Gasteiger partial charge on any atom is 0.223 e. The Balaban J connectivity index is 1.63. The summed E-state index contributed by atoms with van der Waals surface area (Å²) in [5, 5.41) is 2.70. The van der Waals surface area contributed by atoms with Crippen LogP contribution in [0.1, 0.15) is 69.9 Å². The van der Waals surface area contributed by atoms with E-state index in [0.29, 0.717) is 13.0 Å². The maximum absolute atomic E-state index is 12.4. The van der Waals surface area contributed by atoms with Gasteiger partial charge in [0.15, 0.2) is 0 Å². The standard InChI is InChI=1S/C22H36N2O3S/c1-4-18(3)28(26,27)24-21-13-11-20(12-14-21)22(25)23-15-6-5-9-19-10-7-8-17(2)16-19/h7-8,10,16,18,20-21,24H,4-6,9,11-15H2,1-3H3,(H,23,25). The van der Waals surface area contributed by atoms with Crippen molar-refractivity contribution in [3.05, 3.63) is 35.4 Å². The number of hydrogen-bond donors (Lipinski definition) is 2. The molecule has 1 unspecified atom stereocenters. The first-order valence-corrected chi connectivity index (χ1v) is 12.2. The number of rotatable bonds is 10. The van der Waals surface area contributed by atoms with Gasteiger partial charge in [-0.3, -0.25) is 4.79 Å². The Morgan fingerprint density at radius 2 is 1.89 bits per heavy atom. The van der Waals surface area contributed by atoms with Crippen molar-refractivity contribution in [3.63, 3.8) is 0 Å². The van der Waals surface area contributed by atoms with Crippen molar-refractivity contribution in [2.75, 3.05) is 6.54 Å². The van der Waals surface area contributed by atoms with Crippen LogP contribution in [0, 0.1) is 12.8 Å². The van der Waals surface area contributed by atoms with Crippen molar-refractivity contribution in [1.82, 2.24) is 10.0 Å². The molecule has 0 saturated heterocycles. The predicted molar refractivity (Wildman–Crippen MR) is 115 cm³/mol. The highest BCUT2D eigenvalue weighted by Gasteiger charge is 2.29. The molecule has 28 heavy (non-hydrogen) atoms. The van der Waals surface area contributed by atoms with Gasteiger partial charge in [0.2, 0.25) is 15.9 Å². The van der Waals surface area contributed by atoms with Gasteiger partial charge in [-0.05, 0) is 70.8 Å². The third-order valence-corrected chi connectivity index (χ3v) is 7.86. The van der Waals surface area contributed by atoms with Crippen molar-refractivity contribution in [2.24, 2.45) is 5.92 Å². The molecule has 1 fully saturated rings. The van der Waals surface area contributed by atoms with E-state index in [0.717, 1.165) is 44.9 Å². The van der Waals surface area contributed by atoms with Crippen LogP contribution >= 0.6 is 0 Å². The van der Waals surface area contributed by atoms with E-state index in [1.54, 1.807) is 6.92 Å². The van der Waals surface area contributed by atoms with Crippen LogP contribution in [-0.2, 0) is 21.2 Å². The van der Waals surface area contributed by atoms with Gasteiger partial charge in [0.25, 0.3) is 0 Å². The Morgan fingerprint density at radius 3 is 2.54 bits per heavy atom. The average Bonchev–Trinajstić information content (AvgIpc) is 2.67. The zero-order valence-electron chi connectivity index (χ0n) is 17.5. The lowest BCUT2D eigenvalue weighted by Gasteiger charge is -2.29. The van der Waals surface area contributed by atoms with Crippen LogP contribution < -0.4 is 10.0 Å². The molecule has 2 N–H and O–H groups in total. The molecule has 6 heteroatoms. The molecule has 0 aromatic heterocycles. The first-order chi connectivity index (χ1) is 13.3. The second-order valence-electron chi connectivity index (χ2n) is 8.17. The molecule has 0 bridgehead atoms. The zero-order valence-corrected chi connectivity index (χ0v) is 18.4. The van der Waals surface area contributed by atoms with Crippen molar-refractivity contribution >= 4 is 15.9 Å². The molecule has 1 aliphatic rings. The highest BCUT2D eigenvalue weighted by Crippen LogP contribution is 2.25. The van der Waals surface area contributed by atoms with Gasteiger partial charge in [-0.25, -0.2) is 13.1 Å². The van der Waals surface area contributed by atoms with Gasteiger partial charge in [0.05, 0.1) is 5.25 Å². The molecule has 1 aromatic carbocycles. The fourth-order valence-electron chi connectivity index (χ4n) is 3.72. The minimum atomic E-state index is -3.24. The molecule has 1 saturated carbocycles. The minimum absolute atomic E-state index is 0.0149. The van der Waals surface area contributed by atoms with Crippen LogP contribution in [0.15, 0.2) is 24.3 Å². The molecule has 1 aliphatic carbocycles. The highest BCUT2D eigenvalue weighted by molar-refractivity contribution is 7.90. The van der Waals surface area contributed by atoms with Gasteiger partial charge in [0.1, 0.15) is 0 Å². The smallest absolute Gasteiger partial charge is 0.223 e. The molecule has 0 aliphatic heterocycles. The van der Waals surface area contributed by atoms with Gasteiger partial charge in [-0.2, -0.15) is 0 Å². The Kier molecular flexibility index (Phi) is 8.96.